The van der Waals surface area contributed by atoms with E-state index < -0.39 is 0 Å². The average molecular weight is 223 g/mol. The number of hydrogen-bond donors (Lipinski definition) is 1. The minimum atomic E-state index is 0.0657. The molecule has 0 fully saturated rings. The lowest BCUT2D eigenvalue weighted by atomic mass is 10.0. The Kier molecular flexibility index (Phi) is 4.14. The molecule has 3 heteroatoms. The highest BCUT2D eigenvalue weighted by atomic mass is 15.3. The van der Waals surface area contributed by atoms with Crippen LogP contribution in [0, 0.1) is 5.92 Å². The Balaban J connectivity index is 3.09. The lowest BCUT2D eigenvalue weighted by Gasteiger charge is -2.24. The SMILES string of the molecule is CNCc1cnn(C(C)(C)C)c1CC(C)C. The molecule has 0 aliphatic rings. The molecule has 16 heavy (non-hydrogen) atoms. The van der Waals surface area contributed by atoms with Crippen molar-refractivity contribution in [3.05, 3.63) is 17.5 Å². The van der Waals surface area contributed by atoms with Crippen molar-refractivity contribution in [3.8, 4) is 0 Å². The number of hydrogen-bond acceptors (Lipinski definition) is 2. The Morgan fingerprint density at radius 3 is 2.44 bits per heavy atom. The highest BCUT2D eigenvalue weighted by Crippen LogP contribution is 2.21. The van der Waals surface area contributed by atoms with Crippen LogP contribution in [0.4, 0.5) is 0 Å². The topological polar surface area (TPSA) is 29.9 Å². The van der Waals surface area contributed by atoms with Crippen LogP contribution in [-0.2, 0) is 18.5 Å². The van der Waals surface area contributed by atoms with Gasteiger partial charge in [-0.15, -0.1) is 0 Å². The minimum Gasteiger partial charge on any atom is -0.316 e. The van der Waals surface area contributed by atoms with Gasteiger partial charge in [0.2, 0.25) is 0 Å². The molecule has 0 spiro atoms. The highest BCUT2D eigenvalue weighted by molar-refractivity contribution is 5.19. The van der Waals surface area contributed by atoms with Crippen molar-refractivity contribution in [1.29, 1.82) is 0 Å². The molecule has 0 amide bonds. The van der Waals surface area contributed by atoms with Crippen LogP contribution in [0.1, 0.15) is 45.9 Å². The minimum absolute atomic E-state index is 0.0657. The fourth-order valence-electron chi connectivity index (χ4n) is 1.93. The zero-order valence-corrected chi connectivity index (χ0v) is 11.5. The quantitative estimate of drug-likeness (QED) is 0.850. The first-order valence-electron chi connectivity index (χ1n) is 6.07. The van der Waals surface area contributed by atoms with Crippen LogP contribution in [0.5, 0.6) is 0 Å². The maximum Gasteiger partial charge on any atom is 0.0546 e. The predicted molar refractivity (Wildman–Crippen MR) is 68.5 cm³/mol. The molecule has 1 aromatic rings. The van der Waals surface area contributed by atoms with Gasteiger partial charge in [0.25, 0.3) is 0 Å². The summed E-state index contributed by atoms with van der Waals surface area (Å²) in [6, 6.07) is 0. The Morgan fingerprint density at radius 2 is 2.00 bits per heavy atom. The van der Waals surface area contributed by atoms with Gasteiger partial charge in [-0.05, 0) is 40.2 Å². The van der Waals surface area contributed by atoms with E-state index in [0.29, 0.717) is 5.92 Å². The molecular formula is C13H25N3. The molecule has 1 rings (SSSR count). The first-order chi connectivity index (χ1) is 7.36. The van der Waals surface area contributed by atoms with E-state index in [9.17, 15) is 0 Å². The molecule has 92 valence electrons. The van der Waals surface area contributed by atoms with Gasteiger partial charge >= 0.3 is 0 Å². The lowest BCUT2D eigenvalue weighted by molar-refractivity contribution is 0.338. The first-order valence-corrected chi connectivity index (χ1v) is 6.07. The summed E-state index contributed by atoms with van der Waals surface area (Å²) in [5, 5.41) is 7.74. The molecule has 1 heterocycles. The van der Waals surface area contributed by atoms with Gasteiger partial charge in [0.15, 0.2) is 0 Å². The summed E-state index contributed by atoms with van der Waals surface area (Å²) < 4.78 is 2.17. The largest absolute Gasteiger partial charge is 0.316 e. The van der Waals surface area contributed by atoms with Crippen LogP contribution in [0.2, 0.25) is 0 Å². The van der Waals surface area contributed by atoms with E-state index in [-0.39, 0.29) is 5.54 Å². The molecule has 0 saturated carbocycles. The molecule has 0 radical (unpaired) electrons. The number of nitrogens with zero attached hydrogens (tertiary/aromatic N) is 2. The Labute approximate surface area is 99.2 Å². The van der Waals surface area contributed by atoms with Crippen molar-refractivity contribution in [2.24, 2.45) is 5.92 Å². The van der Waals surface area contributed by atoms with Crippen LogP contribution >= 0.6 is 0 Å². The molecule has 0 aromatic carbocycles. The fraction of sp³-hybridized carbons (Fsp3) is 0.769. The zero-order valence-electron chi connectivity index (χ0n) is 11.5. The monoisotopic (exact) mass is 223 g/mol. The summed E-state index contributed by atoms with van der Waals surface area (Å²) in [6.07, 6.45) is 3.09. The van der Waals surface area contributed by atoms with Crippen LogP contribution < -0.4 is 5.32 Å². The van der Waals surface area contributed by atoms with Crippen molar-refractivity contribution in [3.63, 3.8) is 0 Å². The summed E-state index contributed by atoms with van der Waals surface area (Å²) in [6.45, 7) is 12.0. The second kappa shape index (κ2) is 5.00. The third kappa shape index (κ3) is 3.08. The molecular weight excluding hydrogens is 198 g/mol. The van der Waals surface area contributed by atoms with Crippen molar-refractivity contribution in [2.75, 3.05) is 7.05 Å². The van der Waals surface area contributed by atoms with Gasteiger partial charge in [-0.2, -0.15) is 5.10 Å². The van der Waals surface area contributed by atoms with Crippen molar-refractivity contribution >= 4 is 0 Å². The Morgan fingerprint density at radius 1 is 1.38 bits per heavy atom. The van der Waals surface area contributed by atoms with Crippen LogP contribution in [-0.4, -0.2) is 16.8 Å². The molecule has 0 atom stereocenters. The Bertz CT molecular complexity index is 331. The van der Waals surface area contributed by atoms with Crippen LogP contribution in [0.3, 0.4) is 0 Å². The normalized spacial score (nSPS) is 12.4. The van der Waals surface area contributed by atoms with Gasteiger partial charge in [-0.3, -0.25) is 4.68 Å². The molecule has 0 saturated heterocycles. The molecule has 0 aliphatic carbocycles. The zero-order chi connectivity index (χ0) is 12.3. The smallest absolute Gasteiger partial charge is 0.0546 e. The van der Waals surface area contributed by atoms with E-state index in [2.05, 4.69) is 49.7 Å². The van der Waals surface area contributed by atoms with E-state index >= 15 is 0 Å². The molecule has 0 aliphatic heterocycles. The highest BCUT2D eigenvalue weighted by Gasteiger charge is 2.20. The van der Waals surface area contributed by atoms with E-state index in [1.807, 2.05) is 13.2 Å². The maximum atomic E-state index is 4.54. The fourth-order valence-corrected chi connectivity index (χ4v) is 1.93. The van der Waals surface area contributed by atoms with Gasteiger partial charge < -0.3 is 5.32 Å². The molecule has 0 unspecified atom stereocenters. The summed E-state index contributed by atoms with van der Waals surface area (Å²) >= 11 is 0. The predicted octanol–water partition coefficient (Wildman–Crippen LogP) is 2.56. The summed E-state index contributed by atoms with van der Waals surface area (Å²) in [5.74, 6) is 0.661. The second-order valence-electron chi connectivity index (χ2n) is 5.83. The third-order valence-corrected chi connectivity index (χ3v) is 2.56. The Hall–Kier alpha value is -0.830. The first kappa shape index (κ1) is 13.2. The van der Waals surface area contributed by atoms with Crippen molar-refractivity contribution in [2.45, 2.75) is 53.1 Å². The van der Waals surface area contributed by atoms with Crippen molar-refractivity contribution in [1.82, 2.24) is 15.1 Å². The van der Waals surface area contributed by atoms with Crippen LogP contribution in [0.15, 0.2) is 6.20 Å². The number of rotatable bonds is 4. The van der Waals surface area contributed by atoms with Gasteiger partial charge in [-0.25, -0.2) is 0 Å². The lowest BCUT2D eigenvalue weighted by Crippen LogP contribution is -2.26. The van der Waals surface area contributed by atoms with Crippen molar-refractivity contribution < 1.29 is 0 Å². The van der Waals surface area contributed by atoms with E-state index in [1.54, 1.807) is 0 Å². The molecule has 1 aromatic heterocycles. The third-order valence-electron chi connectivity index (χ3n) is 2.56. The van der Waals surface area contributed by atoms with Gasteiger partial charge in [0, 0.05) is 17.8 Å². The maximum absolute atomic E-state index is 4.54. The standard InChI is InChI=1S/C13H25N3/c1-10(2)7-12-11(8-14-6)9-15-16(12)13(3,4)5/h9-10,14H,7-8H2,1-6H3. The molecule has 0 bridgehead atoms. The van der Waals surface area contributed by atoms with Gasteiger partial charge in [0.1, 0.15) is 0 Å². The van der Waals surface area contributed by atoms with Gasteiger partial charge in [-0.1, -0.05) is 13.8 Å². The summed E-state index contributed by atoms with van der Waals surface area (Å²) in [7, 11) is 1.98. The van der Waals surface area contributed by atoms with E-state index in [0.717, 1.165) is 13.0 Å². The number of nitrogens with one attached hydrogen (secondary N) is 1. The van der Waals surface area contributed by atoms with Crippen LogP contribution in [0.25, 0.3) is 0 Å². The van der Waals surface area contributed by atoms with E-state index in [1.165, 1.54) is 11.3 Å². The summed E-state index contributed by atoms with van der Waals surface area (Å²) in [5.41, 5.74) is 2.76. The van der Waals surface area contributed by atoms with Gasteiger partial charge in [0.05, 0.1) is 11.7 Å². The average Bonchev–Trinajstić information content (AvgIpc) is 2.47. The van der Waals surface area contributed by atoms with E-state index in [4.69, 9.17) is 0 Å². The number of aromatic nitrogens is 2. The summed E-state index contributed by atoms with van der Waals surface area (Å²) in [4.78, 5) is 0. The molecule has 3 nitrogen and oxygen atoms in total. The molecule has 1 N–H and O–H groups in total. The second-order valence-corrected chi connectivity index (χ2v) is 5.83.